The number of amides is 1. The first-order valence-corrected chi connectivity index (χ1v) is 11.1. The van der Waals surface area contributed by atoms with Gasteiger partial charge in [-0.05, 0) is 25.6 Å². The lowest BCUT2D eigenvalue weighted by Crippen LogP contribution is -2.43. The second kappa shape index (κ2) is 13.3. The zero-order valence-corrected chi connectivity index (χ0v) is 20.3. The van der Waals surface area contributed by atoms with E-state index in [-0.39, 0.29) is 41.0 Å². The van der Waals surface area contributed by atoms with Gasteiger partial charge in [0.15, 0.2) is 11.5 Å². The number of hydrogen-bond acceptors (Lipinski definition) is 7. The van der Waals surface area contributed by atoms with Crippen molar-refractivity contribution in [2.45, 2.75) is 19.4 Å². The topological polar surface area (TPSA) is 97.3 Å². The molecule has 0 heterocycles. The van der Waals surface area contributed by atoms with Gasteiger partial charge in [0.2, 0.25) is 0 Å². The van der Waals surface area contributed by atoms with Gasteiger partial charge in [0.05, 0.1) is 23.9 Å². The van der Waals surface area contributed by atoms with E-state index in [9.17, 15) is 14.7 Å². The third kappa shape index (κ3) is 7.78. The first-order valence-electron chi connectivity index (χ1n) is 10.3. The summed E-state index contributed by atoms with van der Waals surface area (Å²) < 4.78 is 15.7. The summed E-state index contributed by atoms with van der Waals surface area (Å²) in [5, 5.41) is 13.0. The highest BCUT2D eigenvalue weighted by atomic mass is 35.5. The molecule has 1 amide bonds. The average molecular weight is 499 g/mol. The minimum atomic E-state index is -0.968. The molecule has 0 spiro atoms. The Hall–Kier alpha value is -2.52. The Kier molecular flexibility index (Phi) is 10.7. The number of halogens is 2. The Morgan fingerprint density at radius 3 is 2.55 bits per heavy atom. The molecule has 0 aliphatic heterocycles. The molecule has 2 aromatic rings. The second-order valence-electron chi connectivity index (χ2n) is 7.21. The molecule has 0 aliphatic rings. The lowest BCUT2D eigenvalue weighted by Gasteiger charge is -2.19. The molecular formula is C23H28Cl2N2O6. The number of benzene rings is 2. The van der Waals surface area contributed by atoms with Crippen molar-refractivity contribution in [2.24, 2.45) is 0 Å². The molecule has 180 valence electrons. The molecular weight excluding hydrogens is 471 g/mol. The van der Waals surface area contributed by atoms with E-state index in [0.717, 1.165) is 5.56 Å². The largest absolute Gasteiger partial charge is 0.505 e. The Bertz CT molecular complexity index is 942. The molecule has 1 atom stereocenters. The number of carbonyl (C=O) groups excluding carboxylic acids is 2. The van der Waals surface area contributed by atoms with E-state index in [1.54, 1.807) is 14.0 Å². The van der Waals surface area contributed by atoms with Gasteiger partial charge in [-0.25, -0.2) is 4.79 Å². The monoisotopic (exact) mass is 498 g/mol. The van der Waals surface area contributed by atoms with Crippen LogP contribution in [0.5, 0.6) is 11.5 Å². The maximum Gasteiger partial charge on any atom is 0.328 e. The quantitative estimate of drug-likeness (QED) is 0.341. The predicted octanol–water partition coefficient (Wildman–Crippen LogP) is 3.52. The number of hydrogen-bond donors (Lipinski definition) is 2. The zero-order chi connectivity index (χ0) is 24.4. The predicted molar refractivity (Wildman–Crippen MR) is 126 cm³/mol. The number of carbonyl (C=O) groups is 2. The minimum absolute atomic E-state index is 0.0492. The average Bonchev–Trinajstić information content (AvgIpc) is 2.79. The second-order valence-corrected chi connectivity index (χ2v) is 8.00. The minimum Gasteiger partial charge on any atom is -0.505 e. The van der Waals surface area contributed by atoms with Gasteiger partial charge in [0.25, 0.3) is 5.91 Å². The summed E-state index contributed by atoms with van der Waals surface area (Å²) in [7, 11) is 3.43. The SMILES string of the molecule is CCOC(=O)[C@@H](Cc1ccccc1)NC(=O)c1cc(Cl)c(OCCN(C)COC)c(Cl)c1O. The van der Waals surface area contributed by atoms with Crippen LogP contribution in [0.3, 0.4) is 0 Å². The van der Waals surface area contributed by atoms with Crippen LogP contribution in [0.2, 0.25) is 10.0 Å². The van der Waals surface area contributed by atoms with Gasteiger partial charge in [-0.1, -0.05) is 53.5 Å². The third-order valence-electron chi connectivity index (χ3n) is 4.62. The number of ether oxygens (including phenoxy) is 3. The van der Waals surface area contributed by atoms with Crippen LogP contribution in [0, 0.1) is 0 Å². The van der Waals surface area contributed by atoms with E-state index in [4.69, 9.17) is 37.4 Å². The lowest BCUT2D eigenvalue weighted by molar-refractivity contribution is -0.145. The van der Waals surface area contributed by atoms with Crippen molar-refractivity contribution in [3.8, 4) is 11.5 Å². The smallest absolute Gasteiger partial charge is 0.328 e. The standard InChI is InChI=1S/C23H28Cl2N2O6/c1-4-32-23(30)18(12-15-8-6-5-7-9-15)26-22(29)16-13-17(24)21(19(25)20(16)28)33-11-10-27(2)14-31-3/h5-9,13,18,28H,4,10-12,14H2,1-3H3,(H,26,29)/t18-/m1/s1. The summed E-state index contributed by atoms with van der Waals surface area (Å²) in [5.41, 5.74) is 0.648. The van der Waals surface area contributed by atoms with Crippen LogP contribution in [0.4, 0.5) is 0 Å². The molecule has 0 aromatic heterocycles. The summed E-state index contributed by atoms with van der Waals surface area (Å²) >= 11 is 12.5. The number of likely N-dealkylation sites (N-methyl/N-ethyl adjacent to an activating group) is 1. The van der Waals surface area contributed by atoms with Crippen molar-refractivity contribution >= 4 is 35.1 Å². The number of rotatable bonds is 12. The van der Waals surface area contributed by atoms with Crippen LogP contribution in [0.25, 0.3) is 0 Å². The molecule has 0 bridgehead atoms. The van der Waals surface area contributed by atoms with Gasteiger partial charge in [0.1, 0.15) is 17.7 Å². The maximum absolute atomic E-state index is 12.9. The molecule has 10 heteroatoms. The lowest BCUT2D eigenvalue weighted by atomic mass is 10.1. The van der Waals surface area contributed by atoms with Gasteiger partial charge in [0, 0.05) is 20.1 Å². The number of phenols is 1. The number of nitrogens with zero attached hydrogens (tertiary/aromatic N) is 1. The van der Waals surface area contributed by atoms with Crippen LogP contribution in [-0.4, -0.2) is 68.6 Å². The van der Waals surface area contributed by atoms with E-state index in [2.05, 4.69) is 5.32 Å². The van der Waals surface area contributed by atoms with Gasteiger partial charge >= 0.3 is 5.97 Å². The number of aromatic hydroxyl groups is 1. The fourth-order valence-corrected chi connectivity index (χ4v) is 3.57. The maximum atomic E-state index is 12.9. The van der Waals surface area contributed by atoms with Gasteiger partial charge in [-0.3, -0.25) is 9.69 Å². The normalized spacial score (nSPS) is 11.8. The number of phenolic OH excluding ortho intramolecular Hbond substituents is 1. The van der Waals surface area contributed by atoms with E-state index in [0.29, 0.717) is 13.3 Å². The molecule has 2 N–H and O–H groups in total. The highest BCUT2D eigenvalue weighted by molar-refractivity contribution is 6.39. The van der Waals surface area contributed by atoms with Crippen molar-refractivity contribution in [3.63, 3.8) is 0 Å². The van der Waals surface area contributed by atoms with Gasteiger partial charge in [-0.15, -0.1) is 0 Å². The van der Waals surface area contributed by atoms with Crippen LogP contribution < -0.4 is 10.1 Å². The summed E-state index contributed by atoms with van der Waals surface area (Å²) in [4.78, 5) is 27.2. The van der Waals surface area contributed by atoms with Crippen LogP contribution in [0.15, 0.2) is 36.4 Å². The highest BCUT2D eigenvalue weighted by Gasteiger charge is 2.27. The van der Waals surface area contributed by atoms with Crippen molar-refractivity contribution in [2.75, 3.05) is 40.6 Å². The van der Waals surface area contributed by atoms with E-state index in [1.807, 2.05) is 42.3 Å². The van der Waals surface area contributed by atoms with Crippen molar-refractivity contribution in [3.05, 3.63) is 57.6 Å². The molecule has 0 fully saturated rings. The number of nitrogens with one attached hydrogen (secondary N) is 1. The molecule has 0 saturated carbocycles. The molecule has 0 saturated heterocycles. The molecule has 0 radical (unpaired) electrons. The Morgan fingerprint density at radius 2 is 1.91 bits per heavy atom. The molecule has 2 rings (SSSR count). The van der Waals surface area contributed by atoms with Crippen LogP contribution in [-0.2, 0) is 20.7 Å². The zero-order valence-electron chi connectivity index (χ0n) is 18.8. The fourth-order valence-electron chi connectivity index (χ4n) is 3.01. The van der Waals surface area contributed by atoms with Crippen molar-refractivity contribution < 1.29 is 28.9 Å². The first kappa shape index (κ1) is 26.7. The highest BCUT2D eigenvalue weighted by Crippen LogP contribution is 2.42. The molecule has 33 heavy (non-hydrogen) atoms. The molecule has 8 nitrogen and oxygen atoms in total. The van der Waals surface area contributed by atoms with Crippen LogP contribution >= 0.6 is 23.2 Å². The summed E-state index contributed by atoms with van der Waals surface area (Å²) in [6, 6.07) is 9.45. The Labute approximate surface area is 203 Å². The van der Waals surface area contributed by atoms with Gasteiger partial charge < -0.3 is 24.6 Å². The summed E-state index contributed by atoms with van der Waals surface area (Å²) in [6.45, 7) is 3.00. The van der Waals surface area contributed by atoms with Crippen molar-refractivity contribution in [1.29, 1.82) is 0 Å². The summed E-state index contributed by atoms with van der Waals surface area (Å²) in [5.74, 6) is -1.76. The first-order chi connectivity index (χ1) is 15.8. The molecule has 2 aromatic carbocycles. The van der Waals surface area contributed by atoms with E-state index in [1.165, 1.54) is 6.07 Å². The third-order valence-corrected chi connectivity index (χ3v) is 5.25. The van der Waals surface area contributed by atoms with Crippen LogP contribution in [0.1, 0.15) is 22.8 Å². The van der Waals surface area contributed by atoms with Crippen molar-refractivity contribution in [1.82, 2.24) is 10.2 Å². The molecule has 0 aliphatic carbocycles. The Balaban J connectivity index is 2.18. The molecule has 0 unspecified atom stereocenters. The number of esters is 1. The fraction of sp³-hybridized carbons (Fsp3) is 0.391. The summed E-state index contributed by atoms with van der Waals surface area (Å²) in [6.07, 6.45) is 0.212. The van der Waals surface area contributed by atoms with E-state index < -0.39 is 23.7 Å². The Morgan fingerprint density at radius 1 is 1.21 bits per heavy atom. The van der Waals surface area contributed by atoms with E-state index >= 15 is 0 Å². The van der Waals surface area contributed by atoms with Gasteiger partial charge in [-0.2, -0.15) is 0 Å². The number of methoxy groups -OCH3 is 1.